The minimum Gasteiger partial charge on any atom is -0.478 e. The predicted octanol–water partition coefficient (Wildman–Crippen LogP) is 7.34. The van der Waals surface area contributed by atoms with Crippen molar-refractivity contribution in [2.75, 3.05) is 17.6 Å². The molecule has 0 saturated carbocycles. The van der Waals surface area contributed by atoms with Crippen molar-refractivity contribution < 1.29 is 9.90 Å². The first-order valence-corrected chi connectivity index (χ1v) is 12.9. The van der Waals surface area contributed by atoms with Crippen LogP contribution in [0.3, 0.4) is 0 Å². The lowest BCUT2D eigenvalue weighted by atomic mass is 9.82. The van der Waals surface area contributed by atoms with Crippen molar-refractivity contribution in [3.05, 3.63) is 132 Å². The van der Waals surface area contributed by atoms with E-state index in [2.05, 4.69) is 89.2 Å². The van der Waals surface area contributed by atoms with Crippen LogP contribution < -0.4 is 5.32 Å². The standard InChI is InChI=1S/C28H26N2O2S.C2H6/c31-27(32)25-18-11-19-29-26(25)30-20-21-33-28(23-14-7-3-8-15-23,24-16-9-4-10-17-24)22-12-5-1-2-6-13-22;1-2/h1-12,14-19H,13,20-21H2,(H,29,30)(H,31,32);1-2H3. The van der Waals surface area contributed by atoms with E-state index in [4.69, 9.17) is 0 Å². The fraction of sp³-hybridized carbons (Fsp3) is 0.200. The zero-order valence-electron chi connectivity index (χ0n) is 20.2. The molecule has 0 bridgehead atoms. The maximum atomic E-state index is 11.5. The fourth-order valence-electron chi connectivity index (χ4n) is 4.07. The molecule has 0 atom stereocenters. The van der Waals surface area contributed by atoms with Gasteiger partial charge in [-0.2, -0.15) is 0 Å². The van der Waals surface area contributed by atoms with Crippen LogP contribution in [-0.2, 0) is 4.75 Å². The Kier molecular flexibility index (Phi) is 9.93. The predicted molar refractivity (Wildman–Crippen MR) is 148 cm³/mol. The maximum Gasteiger partial charge on any atom is 0.339 e. The molecule has 0 radical (unpaired) electrons. The Morgan fingerprint density at radius 2 is 1.60 bits per heavy atom. The van der Waals surface area contributed by atoms with Gasteiger partial charge in [-0.3, -0.25) is 0 Å². The minimum atomic E-state index is -0.983. The number of hydrogen-bond acceptors (Lipinski definition) is 4. The highest BCUT2D eigenvalue weighted by Gasteiger charge is 2.38. The number of carboxylic acids is 1. The zero-order valence-corrected chi connectivity index (χ0v) is 21.0. The number of pyridine rings is 1. The topological polar surface area (TPSA) is 62.2 Å². The number of rotatable bonds is 9. The van der Waals surface area contributed by atoms with E-state index in [9.17, 15) is 9.90 Å². The average Bonchev–Trinajstić information content (AvgIpc) is 3.21. The molecule has 2 aromatic carbocycles. The van der Waals surface area contributed by atoms with Gasteiger partial charge in [0.05, 0.1) is 4.75 Å². The molecule has 1 aromatic heterocycles. The van der Waals surface area contributed by atoms with Gasteiger partial charge in [-0.25, -0.2) is 9.78 Å². The van der Waals surface area contributed by atoms with Crippen molar-refractivity contribution in [2.45, 2.75) is 25.0 Å². The summed E-state index contributed by atoms with van der Waals surface area (Å²) in [6.07, 6.45) is 13.1. The summed E-state index contributed by atoms with van der Waals surface area (Å²) in [7, 11) is 0. The molecule has 0 unspecified atom stereocenters. The molecule has 180 valence electrons. The van der Waals surface area contributed by atoms with Crippen LogP contribution in [0, 0.1) is 0 Å². The molecule has 0 amide bonds. The third-order valence-corrected chi connectivity index (χ3v) is 7.13. The Hall–Kier alpha value is -3.57. The van der Waals surface area contributed by atoms with Crippen LogP contribution in [0.25, 0.3) is 0 Å². The Labute approximate surface area is 212 Å². The van der Waals surface area contributed by atoms with Crippen LogP contribution in [0.5, 0.6) is 0 Å². The first-order chi connectivity index (χ1) is 17.2. The molecular weight excluding hydrogens is 452 g/mol. The zero-order chi connectivity index (χ0) is 24.9. The third-order valence-electron chi connectivity index (χ3n) is 5.56. The van der Waals surface area contributed by atoms with Gasteiger partial charge in [0, 0.05) is 18.5 Å². The number of aromatic carboxylic acids is 1. The second-order valence-corrected chi connectivity index (χ2v) is 8.91. The molecule has 4 rings (SSSR count). The molecule has 1 heterocycles. The second kappa shape index (κ2) is 13.4. The summed E-state index contributed by atoms with van der Waals surface area (Å²) < 4.78 is -0.372. The molecule has 1 aliphatic carbocycles. The number of nitrogens with one attached hydrogen (secondary N) is 1. The van der Waals surface area contributed by atoms with E-state index in [0.29, 0.717) is 12.4 Å². The van der Waals surface area contributed by atoms with Gasteiger partial charge in [-0.15, -0.1) is 11.8 Å². The van der Waals surface area contributed by atoms with Gasteiger partial charge in [0.2, 0.25) is 0 Å². The highest BCUT2D eigenvalue weighted by molar-refractivity contribution is 8.00. The molecule has 2 N–H and O–H groups in total. The molecular formula is C30H32N2O2S. The molecule has 0 aliphatic heterocycles. The third kappa shape index (κ3) is 6.31. The van der Waals surface area contributed by atoms with Crippen LogP contribution in [0.1, 0.15) is 41.8 Å². The van der Waals surface area contributed by atoms with Gasteiger partial charge in [-0.05, 0) is 35.3 Å². The van der Waals surface area contributed by atoms with Crippen molar-refractivity contribution in [2.24, 2.45) is 0 Å². The number of allylic oxidation sites excluding steroid dienone is 5. The van der Waals surface area contributed by atoms with Crippen molar-refractivity contribution in [3.63, 3.8) is 0 Å². The Bertz CT molecular complexity index is 1130. The lowest BCUT2D eigenvalue weighted by Gasteiger charge is -2.37. The highest BCUT2D eigenvalue weighted by atomic mass is 32.2. The van der Waals surface area contributed by atoms with Crippen molar-refractivity contribution >= 4 is 23.5 Å². The van der Waals surface area contributed by atoms with Gasteiger partial charge >= 0.3 is 5.97 Å². The summed E-state index contributed by atoms with van der Waals surface area (Å²) in [5, 5.41) is 12.7. The van der Waals surface area contributed by atoms with Crippen molar-refractivity contribution in [1.29, 1.82) is 0 Å². The lowest BCUT2D eigenvalue weighted by molar-refractivity contribution is 0.0697. The molecule has 3 aromatic rings. The summed E-state index contributed by atoms with van der Waals surface area (Å²) in [5.74, 6) is 0.169. The van der Waals surface area contributed by atoms with Crippen LogP contribution in [0.2, 0.25) is 0 Å². The summed E-state index contributed by atoms with van der Waals surface area (Å²) in [5.41, 5.74) is 3.93. The Morgan fingerprint density at radius 3 is 2.23 bits per heavy atom. The molecule has 35 heavy (non-hydrogen) atoms. The summed E-state index contributed by atoms with van der Waals surface area (Å²) in [6, 6.07) is 24.4. The maximum absolute atomic E-state index is 11.5. The van der Waals surface area contributed by atoms with E-state index in [-0.39, 0.29) is 10.3 Å². The summed E-state index contributed by atoms with van der Waals surface area (Å²) >= 11 is 1.85. The molecule has 5 heteroatoms. The molecule has 0 spiro atoms. The number of carbonyl (C=O) groups is 1. The first kappa shape index (κ1) is 26.0. The number of thioether (sulfide) groups is 1. The second-order valence-electron chi connectivity index (χ2n) is 7.60. The average molecular weight is 485 g/mol. The Balaban J connectivity index is 0.00000167. The molecule has 4 nitrogen and oxygen atoms in total. The number of benzene rings is 2. The number of nitrogens with zero attached hydrogens (tertiary/aromatic N) is 1. The van der Waals surface area contributed by atoms with Crippen molar-refractivity contribution in [3.8, 4) is 0 Å². The first-order valence-electron chi connectivity index (χ1n) is 11.9. The minimum absolute atomic E-state index is 0.182. The van der Waals surface area contributed by atoms with Crippen LogP contribution in [0.15, 0.2) is 115 Å². The Morgan fingerprint density at radius 1 is 0.943 bits per heavy atom. The van der Waals surface area contributed by atoms with E-state index in [1.165, 1.54) is 16.7 Å². The van der Waals surface area contributed by atoms with Gasteiger partial charge in [0.15, 0.2) is 0 Å². The number of anilines is 1. The quantitative estimate of drug-likeness (QED) is 0.311. The summed E-state index contributed by atoms with van der Waals surface area (Å²) in [4.78, 5) is 15.7. The van der Waals surface area contributed by atoms with E-state index >= 15 is 0 Å². The lowest BCUT2D eigenvalue weighted by Crippen LogP contribution is -2.28. The molecule has 0 saturated heterocycles. The number of hydrogen-bond donors (Lipinski definition) is 2. The largest absolute Gasteiger partial charge is 0.478 e. The van der Waals surface area contributed by atoms with Gasteiger partial charge in [-0.1, -0.05) is 105 Å². The van der Waals surface area contributed by atoms with Crippen LogP contribution in [0.4, 0.5) is 5.82 Å². The molecule has 0 fully saturated rings. The number of carboxylic acid groups (broad SMARTS) is 1. The summed E-state index contributed by atoms with van der Waals surface area (Å²) in [6.45, 7) is 4.59. The normalized spacial score (nSPS) is 12.7. The monoisotopic (exact) mass is 484 g/mol. The van der Waals surface area contributed by atoms with E-state index < -0.39 is 5.97 Å². The molecule has 1 aliphatic rings. The smallest absolute Gasteiger partial charge is 0.339 e. The number of aromatic nitrogens is 1. The fourth-order valence-corrected chi connectivity index (χ4v) is 5.53. The van der Waals surface area contributed by atoms with Gasteiger partial charge < -0.3 is 10.4 Å². The van der Waals surface area contributed by atoms with Gasteiger partial charge in [0.1, 0.15) is 11.4 Å². The van der Waals surface area contributed by atoms with Crippen LogP contribution in [-0.4, -0.2) is 28.4 Å². The van der Waals surface area contributed by atoms with E-state index in [1.54, 1.807) is 18.3 Å². The van der Waals surface area contributed by atoms with E-state index in [0.717, 1.165) is 12.2 Å². The van der Waals surface area contributed by atoms with Gasteiger partial charge in [0.25, 0.3) is 0 Å². The van der Waals surface area contributed by atoms with Crippen LogP contribution >= 0.6 is 11.8 Å². The van der Waals surface area contributed by atoms with E-state index in [1.807, 2.05) is 37.7 Å². The van der Waals surface area contributed by atoms with Crippen molar-refractivity contribution in [1.82, 2.24) is 4.98 Å². The highest BCUT2D eigenvalue weighted by Crippen LogP contribution is 2.50. The SMILES string of the molecule is CC.O=C(O)c1cccnc1NCCSC(C1=CC=CC=CC1)(c1ccccc1)c1ccccc1.